The second-order valence-electron chi connectivity index (χ2n) is 18.8. The highest BCUT2D eigenvalue weighted by Crippen LogP contribution is 2.13. The lowest BCUT2D eigenvalue weighted by molar-refractivity contribution is -0.166. The quantitative estimate of drug-likeness (QED) is 0.0261. The van der Waals surface area contributed by atoms with E-state index < -0.39 is 12.1 Å². The van der Waals surface area contributed by atoms with Gasteiger partial charge in [0.1, 0.15) is 13.2 Å². The highest BCUT2D eigenvalue weighted by Gasteiger charge is 2.19. The molecule has 0 radical (unpaired) electrons. The maximum absolute atomic E-state index is 12.8. The molecule has 0 aliphatic carbocycles. The van der Waals surface area contributed by atoms with Crippen LogP contribution in [-0.2, 0) is 28.6 Å². The van der Waals surface area contributed by atoms with Gasteiger partial charge in [-0.1, -0.05) is 237 Å². The molecule has 0 N–H and O–H groups in total. The number of hydrogen-bond acceptors (Lipinski definition) is 6. The van der Waals surface area contributed by atoms with Crippen LogP contribution in [-0.4, -0.2) is 37.2 Å². The number of carbonyl (C=O) groups excluding carboxylic acids is 3. The average molecular weight is 1020 g/mol. The second kappa shape index (κ2) is 60.6. The molecule has 0 aromatic heterocycles. The molecule has 6 heteroatoms. The number of unbranched alkanes of at least 4 members (excludes halogenated alkanes) is 14. The van der Waals surface area contributed by atoms with Crippen LogP contribution in [0.1, 0.15) is 233 Å². The predicted octanol–water partition coefficient (Wildman–Crippen LogP) is 20.1. The molecule has 0 aliphatic heterocycles. The van der Waals surface area contributed by atoms with E-state index in [1.807, 2.05) is 12.2 Å². The van der Waals surface area contributed by atoms with Crippen molar-refractivity contribution in [3.63, 3.8) is 0 Å². The van der Waals surface area contributed by atoms with Gasteiger partial charge in [-0.25, -0.2) is 0 Å². The standard InChI is InChI=1S/C68H106O6/c1-4-7-10-13-16-19-22-25-26-27-28-29-30-31-32-33-34-35-36-37-38-39-40-41-42-44-46-49-52-55-58-61-67(70)73-64-65(63-72-66(69)60-57-54-51-48-45-24-21-18-15-12-9-6-3)74-68(71)62-59-56-53-50-47-43-23-20-17-14-11-8-5-2/h7-8,10-11,16-21,25-26,28-29,31-32,34-35,37-38,40-41,43,47,53,56,65H,4-6,9,12-15,22-24,27,30,33,36,39,42,44-46,48-52,54-55,57-64H2,1-3H3/b10-7-,11-8-,19-16-,20-17-,21-18-,26-25-,29-28-,32-31-,35-34-,38-37-,41-40-,47-43-,56-53-. The van der Waals surface area contributed by atoms with Crippen LogP contribution >= 0.6 is 0 Å². The first-order chi connectivity index (χ1) is 36.5. The molecule has 0 aliphatic rings. The molecule has 6 nitrogen and oxygen atoms in total. The SMILES string of the molecule is CC/C=C\C/C=C\C/C=C\C/C=C\C/C=C\C/C=C\C/C=C\C/C=C\CCCCCCCCC(=O)OCC(COC(=O)CCCCCCC/C=C\CCCCC)OC(=O)CC/C=C\C/C=C\C/C=C\C/C=C\CC. The number of esters is 3. The summed E-state index contributed by atoms with van der Waals surface area (Å²) in [6, 6.07) is 0. The molecule has 414 valence electrons. The summed E-state index contributed by atoms with van der Waals surface area (Å²) in [5.41, 5.74) is 0. The van der Waals surface area contributed by atoms with E-state index in [4.69, 9.17) is 14.2 Å². The van der Waals surface area contributed by atoms with Gasteiger partial charge in [-0.15, -0.1) is 0 Å². The third-order valence-corrected chi connectivity index (χ3v) is 11.8. The molecule has 0 saturated carbocycles. The van der Waals surface area contributed by atoms with Gasteiger partial charge < -0.3 is 14.2 Å². The van der Waals surface area contributed by atoms with Crippen LogP contribution in [0.25, 0.3) is 0 Å². The van der Waals surface area contributed by atoms with Crippen LogP contribution in [0.5, 0.6) is 0 Å². The summed E-state index contributed by atoms with van der Waals surface area (Å²) >= 11 is 0. The minimum Gasteiger partial charge on any atom is -0.462 e. The fourth-order valence-corrected chi connectivity index (χ4v) is 7.41. The van der Waals surface area contributed by atoms with E-state index in [0.29, 0.717) is 19.3 Å². The van der Waals surface area contributed by atoms with Crippen molar-refractivity contribution < 1.29 is 28.6 Å². The molecule has 0 fully saturated rings. The number of allylic oxidation sites excluding steroid dienone is 26. The number of carbonyl (C=O) groups is 3. The first-order valence-corrected chi connectivity index (χ1v) is 29.5. The van der Waals surface area contributed by atoms with Crippen molar-refractivity contribution >= 4 is 17.9 Å². The van der Waals surface area contributed by atoms with Gasteiger partial charge in [-0.05, 0) is 135 Å². The van der Waals surface area contributed by atoms with Crippen LogP contribution in [0, 0.1) is 0 Å². The normalized spacial score (nSPS) is 13.3. The Morgan fingerprint density at radius 1 is 0.284 bits per heavy atom. The van der Waals surface area contributed by atoms with Gasteiger partial charge in [0.05, 0.1) is 0 Å². The first kappa shape index (κ1) is 69.0. The Morgan fingerprint density at radius 2 is 0.554 bits per heavy atom. The Labute approximate surface area is 454 Å². The molecule has 0 rings (SSSR count). The molecule has 0 heterocycles. The van der Waals surface area contributed by atoms with Gasteiger partial charge in [-0.2, -0.15) is 0 Å². The topological polar surface area (TPSA) is 78.9 Å². The Morgan fingerprint density at radius 3 is 0.892 bits per heavy atom. The van der Waals surface area contributed by atoms with Crippen molar-refractivity contribution in [1.82, 2.24) is 0 Å². The maximum atomic E-state index is 12.8. The Hall–Kier alpha value is -4.97. The lowest BCUT2D eigenvalue weighted by Crippen LogP contribution is -2.30. The average Bonchev–Trinajstić information content (AvgIpc) is 3.40. The summed E-state index contributed by atoms with van der Waals surface area (Å²) < 4.78 is 16.7. The van der Waals surface area contributed by atoms with Gasteiger partial charge in [-0.3, -0.25) is 14.4 Å². The summed E-state index contributed by atoms with van der Waals surface area (Å²) in [7, 11) is 0. The molecule has 0 aromatic rings. The van der Waals surface area contributed by atoms with Crippen LogP contribution < -0.4 is 0 Å². The molecule has 1 unspecified atom stereocenters. The molecule has 0 bridgehead atoms. The zero-order valence-electron chi connectivity index (χ0n) is 47.3. The van der Waals surface area contributed by atoms with Gasteiger partial charge in [0, 0.05) is 19.3 Å². The van der Waals surface area contributed by atoms with Crippen LogP contribution in [0.2, 0.25) is 0 Å². The predicted molar refractivity (Wildman–Crippen MR) is 320 cm³/mol. The van der Waals surface area contributed by atoms with Crippen molar-refractivity contribution in [3.05, 3.63) is 158 Å². The van der Waals surface area contributed by atoms with Gasteiger partial charge in [0.15, 0.2) is 6.10 Å². The molecule has 0 saturated heterocycles. The van der Waals surface area contributed by atoms with Crippen LogP contribution in [0.4, 0.5) is 0 Å². The fourth-order valence-electron chi connectivity index (χ4n) is 7.41. The number of hydrogen-bond donors (Lipinski definition) is 0. The Bertz CT molecular complexity index is 1690. The summed E-state index contributed by atoms with van der Waals surface area (Å²) in [5.74, 6) is -1.04. The third kappa shape index (κ3) is 57.9. The molecular formula is C68H106O6. The van der Waals surface area contributed by atoms with Crippen molar-refractivity contribution in [2.75, 3.05) is 13.2 Å². The van der Waals surface area contributed by atoms with Crippen LogP contribution in [0.3, 0.4) is 0 Å². The minimum atomic E-state index is -0.832. The van der Waals surface area contributed by atoms with E-state index in [1.165, 1.54) is 44.9 Å². The smallest absolute Gasteiger partial charge is 0.306 e. The monoisotopic (exact) mass is 1020 g/mol. The van der Waals surface area contributed by atoms with Crippen molar-refractivity contribution in [1.29, 1.82) is 0 Å². The van der Waals surface area contributed by atoms with E-state index in [9.17, 15) is 14.4 Å². The molecule has 0 spiro atoms. The summed E-state index contributed by atoms with van der Waals surface area (Å²) in [6.07, 6.45) is 88.3. The lowest BCUT2D eigenvalue weighted by Gasteiger charge is -2.18. The van der Waals surface area contributed by atoms with Crippen molar-refractivity contribution in [3.8, 4) is 0 Å². The zero-order valence-corrected chi connectivity index (χ0v) is 47.3. The van der Waals surface area contributed by atoms with Gasteiger partial charge in [0.2, 0.25) is 0 Å². The fraction of sp³-hybridized carbons (Fsp3) is 0.574. The highest BCUT2D eigenvalue weighted by atomic mass is 16.6. The Kier molecular flexibility index (Phi) is 56.5. The minimum absolute atomic E-state index is 0.122. The largest absolute Gasteiger partial charge is 0.462 e. The summed E-state index contributed by atoms with van der Waals surface area (Å²) in [4.78, 5) is 38.0. The van der Waals surface area contributed by atoms with E-state index >= 15 is 0 Å². The summed E-state index contributed by atoms with van der Waals surface area (Å²) in [5, 5.41) is 0. The number of rotatable bonds is 51. The van der Waals surface area contributed by atoms with Crippen LogP contribution in [0.15, 0.2) is 158 Å². The van der Waals surface area contributed by atoms with Gasteiger partial charge >= 0.3 is 17.9 Å². The molecule has 0 aromatic carbocycles. The second-order valence-corrected chi connectivity index (χ2v) is 18.8. The van der Waals surface area contributed by atoms with E-state index in [0.717, 1.165) is 141 Å². The molecule has 1 atom stereocenters. The van der Waals surface area contributed by atoms with Gasteiger partial charge in [0.25, 0.3) is 0 Å². The third-order valence-electron chi connectivity index (χ3n) is 11.8. The lowest BCUT2D eigenvalue weighted by atomic mass is 10.1. The van der Waals surface area contributed by atoms with E-state index in [2.05, 4.69) is 167 Å². The molecule has 74 heavy (non-hydrogen) atoms. The number of ether oxygens (including phenoxy) is 3. The first-order valence-electron chi connectivity index (χ1n) is 29.5. The van der Waals surface area contributed by atoms with E-state index in [1.54, 1.807) is 0 Å². The van der Waals surface area contributed by atoms with Crippen molar-refractivity contribution in [2.24, 2.45) is 0 Å². The maximum Gasteiger partial charge on any atom is 0.306 e. The highest BCUT2D eigenvalue weighted by molar-refractivity contribution is 5.71. The van der Waals surface area contributed by atoms with Crippen molar-refractivity contribution in [2.45, 2.75) is 239 Å². The molecular weight excluding hydrogens is 913 g/mol. The Balaban J connectivity index is 4.35. The molecule has 0 amide bonds. The van der Waals surface area contributed by atoms with E-state index in [-0.39, 0.29) is 31.6 Å². The zero-order chi connectivity index (χ0) is 53.6. The summed E-state index contributed by atoms with van der Waals surface area (Å²) in [6.45, 7) is 6.28.